The van der Waals surface area contributed by atoms with Gasteiger partial charge in [-0.25, -0.2) is 14.6 Å². The van der Waals surface area contributed by atoms with Gasteiger partial charge in [0.15, 0.2) is 8.32 Å². The fourth-order valence-electron chi connectivity index (χ4n) is 2.50. The number of ether oxygens (including phenoxy) is 1. The number of fused-ring (bicyclic) bond motifs is 1. The van der Waals surface area contributed by atoms with Crippen LogP contribution in [-0.2, 0) is 23.8 Å². The lowest BCUT2D eigenvalue weighted by Gasteiger charge is -2.37. The summed E-state index contributed by atoms with van der Waals surface area (Å²) in [7, 11) is -1.87. The maximum Gasteiger partial charge on any atom is 0.434 e. The summed E-state index contributed by atoms with van der Waals surface area (Å²) in [6.07, 6.45) is -0.135. The molecule has 0 spiro atoms. The van der Waals surface area contributed by atoms with E-state index in [4.69, 9.17) is 23.8 Å². The Balaban J connectivity index is 2.07. The minimum atomic E-state index is -1.87. The molecule has 0 N–H and O–H groups in total. The van der Waals surface area contributed by atoms with Crippen molar-refractivity contribution in [2.45, 2.75) is 77.8 Å². The Morgan fingerprint density at radius 1 is 1.19 bits per heavy atom. The molecule has 2 aliphatic rings. The molecule has 1 atom stereocenters. The van der Waals surface area contributed by atoms with Gasteiger partial charge in [0, 0.05) is 6.42 Å². The van der Waals surface area contributed by atoms with Gasteiger partial charge in [0.25, 0.3) is 0 Å². The van der Waals surface area contributed by atoms with E-state index in [1.165, 1.54) is 5.06 Å². The van der Waals surface area contributed by atoms with E-state index in [9.17, 15) is 4.79 Å². The highest BCUT2D eigenvalue weighted by molar-refractivity contribution is 6.74. The number of hydrogen-bond donors (Lipinski definition) is 0. The van der Waals surface area contributed by atoms with Crippen molar-refractivity contribution in [2.24, 2.45) is 0 Å². The van der Waals surface area contributed by atoms with E-state index < -0.39 is 20.0 Å². The van der Waals surface area contributed by atoms with Gasteiger partial charge >= 0.3 is 6.09 Å². The lowest BCUT2D eigenvalue weighted by atomic mass is 10.0. The first-order valence-electron chi connectivity index (χ1n) is 9.56. The van der Waals surface area contributed by atoms with Crippen molar-refractivity contribution in [3.63, 3.8) is 0 Å². The Hall–Kier alpha value is -0.933. The third kappa shape index (κ3) is 6.02. The molecule has 0 bridgehead atoms. The average molecular weight is 402 g/mol. The molecule has 0 radical (unpaired) electrons. The zero-order chi connectivity index (χ0) is 20.5. The minimum absolute atomic E-state index is 0.136. The standard InChI is InChI=1S/C19H35NO6Si/c1-18(2,3)25-17(21)20-10-9-16-15(13-22-20)14(11-23-26-16)12-24-27(7,8)19(4,5)6/h16H,9-13H2,1-8H3. The van der Waals surface area contributed by atoms with E-state index in [0.717, 1.165) is 11.1 Å². The van der Waals surface area contributed by atoms with Crippen LogP contribution in [0, 0.1) is 0 Å². The number of hydrogen-bond acceptors (Lipinski definition) is 6. The first-order chi connectivity index (χ1) is 12.3. The van der Waals surface area contributed by atoms with Gasteiger partial charge in [-0.05, 0) is 50.0 Å². The molecule has 156 valence electrons. The molecule has 1 saturated heterocycles. The summed E-state index contributed by atoms with van der Waals surface area (Å²) in [4.78, 5) is 28.8. The monoisotopic (exact) mass is 401 g/mol. The van der Waals surface area contributed by atoms with Crippen LogP contribution in [0.2, 0.25) is 18.1 Å². The third-order valence-electron chi connectivity index (χ3n) is 5.24. The molecule has 1 amide bonds. The number of rotatable bonds is 3. The molecular weight excluding hydrogens is 366 g/mol. The Morgan fingerprint density at radius 3 is 2.44 bits per heavy atom. The molecule has 2 aliphatic heterocycles. The molecule has 0 aliphatic carbocycles. The lowest BCUT2D eigenvalue weighted by Crippen LogP contribution is -2.42. The molecule has 2 heterocycles. The summed E-state index contributed by atoms with van der Waals surface area (Å²) in [6, 6.07) is 0. The van der Waals surface area contributed by atoms with Gasteiger partial charge in [0.05, 0.1) is 19.8 Å². The molecular formula is C19H35NO6Si. The van der Waals surface area contributed by atoms with Crippen LogP contribution in [-0.4, -0.2) is 57.5 Å². The van der Waals surface area contributed by atoms with Gasteiger partial charge in [-0.1, -0.05) is 20.8 Å². The number of carbonyl (C=O) groups excluding carboxylic acids is 1. The van der Waals surface area contributed by atoms with Crippen molar-refractivity contribution in [1.82, 2.24) is 5.06 Å². The highest BCUT2D eigenvalue weighted by Gasteiger charge is 2.38. The summed E-state index contributed by atoms with van der Waals surface area (Å²) >= 11 is 0. The largest absolute Gasteiger partial charge is 0.442 e. The Bertz CT molecular complexity index is 576. The molecule has 27 heavy (non-hydrogen) atoms. The van der Waals surface area contributed by atoms with E-state index in [1.807, 2.05) is 20.8 Å². The zero-order valence-corrected chi connectivity index (χ0v) is 19.0. The number of carbonyl (C=O) groups is 1. The molecule has 1 fully saturated rings. The van der Waals surface area contributed by atoms with Crippen molar-refractivity contribution in [3.05, 3.63) is 11.1 Å². The highest BCUT2D eigenvalue weighted by atomic mass is 28.4. The lowest BCUT2D eigenvalue weighted by molar-refractivity contribution is -0.319. The van der Waals surface area contributed by atoms with Crippen LogP contribution < -0.4 is 0 Å². The predicted octanol–water partition coefficient (Wildman–Crippen LogP) is 4.21. The first kappa shape index (κ1) is 22.4. The number of nitrogens with zero attached hydrogens (tertiary/aromatic N) is 1. The molecule has 0 aromatic carbocycles. The Kier molecular flexibility index (Phi) is 6.79. The quantitative estimate of drug-likeness (QED) is 0.401. The summed E-state index contributed by atoms with van der Waals surface area (Å²) in [5.41, 5.74) is 1.48. The molecule has 0 saturated carbocycles. The van der Waals surface area contributed by atoms with E-state index in [2.05, 4.69) is 33.9 Å². The van der Waals surface area contributed by atoms with E-state index in [0.29, 0.717) is 26.2 Å². The van der Waals surface area contributed by atoms with Crippen LogP contribution >= 0.6 is 0 Å². The maximum atomic E-state index is 12.3. The molecule has 2 rings (SSSR count). The number of hydroxylamine groups is 2. The second-order valence-electron chi connectivity index (χ2n) is 9.67. The van der Waals surface area contributed by atoms with Crippen molar-refractivity contribution >= 4 is 14.4 Å². The Morgan fingerprint density at radius 2 is 1.85 bits per heavy atom. The first-order valence-corrected chi connectivity index (χ1v) is 12.5. The minimum Gasteiger partial charge on any atom is -0.442 e. The van der Waals surface area contributed by atoms with Crippen LogP contribution in [0.25, 0.3) is 0 Å². The zero-order valence-electron chi connectivity index (χ0n) is 18.0. The van der Waals surface area contributed by atoms with Crippen molar-refractivity contribution in [3.8, 4) is 0 Å². The second kappa shape index (κ2) is 8.20. The fourth-order valence-corrected chi connectivity index (χ4v) is 3.47. The van der Waals surface area contributed by atoms with Crippen LogP contribution in [0.1, 0.15) is 48.0 Å². The average Bonchev–Trinajstić information content (AvgIpc) is 2.73. The normalized spacial score (nSPS) is 22.4. The molecule has 8 heteroatoms. The van der Waals surface area contributed by atoms with E-state index in [1.54, 1.807) is 0 Å². The molecule has 7 nitrogen and oxygen atoms in total. The van der Waals surface area contributed by atoms with Crippen LogP contribution in [0.4, 0.5) is 4.79 Å². The second-order valence-corrected chi connectivity index (χ2v) is 14.5. The SMILES string of the molecule is CC(C)(C)OC(=O)N1CCC2OOCC(CO[Si](C)(C)C(C)(C)C)=C2CO1. The van der Waals surface area contributed by atoms with Gasteiger partial charge in [-0.15, -0.1) is 0 Å². The van der Waals surface area contributed by atoms with Crippen molar-refractivity contribution in [1.29, 1.82) is 0 Å². The van der Waals surface area contributed by atoms with E-state index in [-0.39, 0.29) is 17.7 Å². The maximum absolute atomic E-state index is 12.3. The third-order valence-corrected chi connectivity index (χ3v) is 9.72. The summed E-state index contributed by atoms with van der Waals surface area (Å²) in [6.45, 7) is 18.1. The summed E-state index contributed by atoms with van der Waals surface area (Å²) < 4.78 is 11.7. The van der Waals surface area contributed by atoms with Gasteiger partial charge in [0.1, 0.15) is 18.3 Å². The van der Waals surface area contributed by atoms with Crippen LogP contribution in [0.3, 0.4) is 0 Å². The summed E-state index contributed by atoms with van der Waals surface area (Å²) in [5.74, 6) is 0. The predicted molar refractivity (Wildman–Crippen MR) is 105 cm³/mol. The number of amides is 1. The molecule has 0 aromatic heterocycles. The van der Waals surface area contributed by atoms with Gasteiger partial charge < -0.3 is 9.16 Å². The fraction of sp³-hybridized carbons (Fsp3) is 0.842. The van der Waals surface area contributed by atoms with Crippen molar-refractivity contribution in [2.75, 3.05) is 26.4 Å². The van der Waals surface area contributed by atoms with Crippen LogP contribution in [0.15, 0.2) is 11.1 Å². The highest BCUT2D eigenvalue weighted by Crippen LogP contribution is 2.37. The van der Waals surface area contributed by atoms with Gasteiger partial charge in [-0.3, -0.25) is 4.84 Å². The van der Waals surface area contributed by atoms with Crippen LogP contribution in [0.5, 0.6) is 0 Å². The van der Waals surface area contributed by atoms with E-state index >= 15 is 0 Å². The van der Waals surface area contributed by atoms with Gasteiger partial charge in [-0.2, -0.15) is 5.06 Å². The molecule has 0 aromatic rings. The summed E-state index contributed by atoms with van der Waals surface area (Å²) in [5, 5.41) is 1.41. The molecule has 1 unspecified atom stereocenters. The van der Waals surface area contributed by atoms with Gasteiger partial charge in [0.2, 0.25) is 0 Å². The Labute approximate surface area is 163 Å². The van der Waals surface area contributed by atoms with Crippen molar-refractivity contribution < 1.29 is 28.6 Å². The smallest absolute Gasteiger partial charge is 0.434 e. The topological polar surface area (TPSA) is 66.5 Å².